The average Bonchev–Trinajstić information content (AvgIpc) is 2.93. The normalized spacial score (nSPS) is 13.0. The third-order valence-corrected chi connectivity index (χ3v) is 6.14. The standard InChI is InChI=1S/C26H25N5O5S/c1-36-23-11-5-18(6-12-23)25(33)30-15-13-29(14-16-30)21-9-7-20(8-10-21)27-26(37)28-24(32)19-3-2-4-22(17-19)31(34)35/h2-12,17H,13-16H2,1H3,(H2,27,28,32,37). The molecular formula is C26H25N5O5S. The first-order valence-electron chi connectivity index (χ1n) is 11.5. The Morgan fingerprint density at radius 2 is 1.62 bits per heavy atom. The lowest BCUT2D eigenvalue weighted by molar-refractivity contribution is -0.384. The van der Waals surface area contributed by atoms with E-state index in [1.54, 1.807) is 31.4 Å². The number of piperazine rings is 1. The van der Waals surface area contributed by atoms with Crippen molar-refractivity contribution in [1.29, 1.82) is 0 Å². The van der Waals surface area contributed by atoms with E-state index in [1.807, 2.05) is 29.2 Å². The second-order valence-corrected chi connectivity index (χ2v) is 8.68. The Bertz CT molecular complexity index is 1310. The van der Waals surface area contributed by atoms with E-state index < -0.39 is 10.8 Å². The van der Waals surface area contributed by atoms with Crippen LogP contribution in [0.25, 0.3) is 0 Å². The van der Waals surface area contributed by atoms with Crippen molar-refractivity contribution in [1.82, 2.24) is 10.2 Å². The molecule has 0 radical (unpaired) electrons. The van der Waals surface area contributed by atoms with Gasteiger partial charge in [0.25, 0.3) is 17.5 Å². The number of rotatable bonds is 6. The third kappa shape index (κ3) is 6.39. The third-order valence-electron chi connectivity index (χ3n) is 5.94. The minimum absolute atomic E-state index is 0.00233. The molecule has 11 heteroatoms. The summed E-state index contributed by atoms with van der Waals surface area (Å²) in [6, 6.07) is 20.1. The molecule has 0 saturated carbocycles. The van der Waals surface area contributed by atoms with Crippen molar-refractivity contribution in [2.45, 2.75) is 0 Å². The number of thiocarbonyl (C=S) groups is 1. The molecule has 1 fully saturated rings. The minimum atomic E-state index is -0.562. The first-order chi connectivity index (χ1) is 17.8. The highest BCUT2D eigenvalue weighted by Gasteiger charge is 2.22. The number of carbonyl (C=O) groups is 2. The van der Waals surface area contributed by atoms with Gasteiger partial charge in [-0.05, 0) is 66.8 Å². The maximum atomic E-state index is 12.8. The zero-order valence-electron chi connectivity index (χ0n) is 20.0. The largest absolute Gasteiger partial charge is 0.497 e. The van der Waals surface area contributed by atoms with Gasteiger partial charge in [-0.15, -0.1) is 0 Å². The molecule has 1 aliphatic heterocycles. The number of carbonyl (C=O) groups excluding carboxylic acids is 2. The predicted molar refractivity (Wildman–Crippen MR) is 144 cm³/mol. The molecule has 3 aromatic rings. The molecule has 3 aromatic carbocycles. The number of nitro groups is 1. The van der Waals surface area contributed by atoms with Gasteiger partial charge in [0.2, 0.25) is 0 Å². The summed E-state index contributed by atoms with van der Waals surface area (Å²) in [5.74, 6) is 0.173. The van der Waals surface area contributed by atoms with Crippen LogP contribution in [0.4, 0.5) is 17.1 Å². The number of nitrogens with zero attached hydrogens (tertiary/aromatic N) is 3. The Morgan fingerprint density at radius 1 is 0.946 bits per heavy atom. The number of methoxy groups -OCH3 is 1. The van der Waals surface area contributed by atoms with Gasteiger partial charge in [0.1, 0.15) is 5.75 Å². The van der Waals surface area contributed by atoms with Gasteiger partial charge >= 0.3 is 0 Å². The second kappa shape index (κ2) is 11.5. The molecule has 4 rings (SSSR count). The van der Waals surface area contributed by atoms with Crippen LogP contribution in [0.3, 0.4) is 0 Å². The fraction of sp³-hybridized carbons (Fsp3) is 0.192. The van der Waals surface area contributed by atoms with Crippen molar-refractivity contribution in [2.24, 2.45) is 0 Å². The van der Waals surface area contributed by atoms with Crippen molar-refractivity contribution in [3.63, 3.8) is 0 Å². The minimum Gasteiger partial charge on any atom is -0.497 e. The molecule has 1 saturated heterocycles. The summed E-state index contributed by atoms with van der Waals surface area (Å²) in [5, 5.41) is 16.5. The van der Waals surface area contributed by atoms with Gasteiger partial charge in [0.15, 0.2) is 5.11 Å². The number of non-ortho nitro benzene ring substituents is 1. The molecule has 1 heterocycles. The summed E-state index contributed by atoms with van der Waals surface area (Å²) in [6.45, 7) is 2.62. The number of amides is 2. The van der Waals surface area contributed by atoms with Crippen LogP contribution in [0.15, 0.2) is 72.8 Å². The lowest BCUT2D eigenvalue weighted by Crippen LogP contribution is -2.48. The van der Waals surface area contributed by atoms with Crippen LogP contribution in [0, 0.1) is 10.1 Å². The molecule has 0 aromatic heterocycles. The zero-order valence-corrected chi connectivity index (χ0v) is 20.9. The van der Waals surface area contributed by atoms with Crippen LogP contribution >= 0.6 is 12.2 Å². The predicted octanol–water partition coefficient (Wildman–Crippen LogP) is 3.69. The van der Waals surface area contributed by atoms with Gasteiger partial charge < -0.3 is 19.9 Å². The van der Waals surface area contributed by atoms with Crippen molar-refractivity contribution in [3.8, 4) is 5.75 Å². The number of ether oxygens (including phenoxy) is 1. The van der Waals surface area contributed by atoms with Crippen molar-refractivity contribution < 1.29 is 19.2 Å². The molecule has 0 atom stereocenters. The quantitative estimate of drug-likeness (QED) is 0.288. The number of nitro benzene ring substituents is 1. The molecule has 0 spiro atoms. The van der Waals surface area contributed by atoms with Crippen molar-refractivity contribution in [2.75, 3.05) is 43.5 Å². The van der Waals surface area contributed by atoms with E-state index in [9.17, 15) is 19.7 Å². The van der Waals surface area contributed by atoms with Crippen LogP contribution in [0.2, 0.25) is 0 Å². The molecule has 0 unspecified atom stereocenters. The van der Waals surface area contributed by atoms with Crippen LogP contribution < -0.4 is 20.3 Å². The Morgan fingerprint density at radius 3 is 2.24 bits per heavy atom. The number of nitrogens with one attached hydrogen (secondary N) is 2. The molecule has 0 aliphatic carbocycles. The van der Waals surface area contributed by atoms with E-state index in [4.69, 9.17) is 17.0 Å². The highest BCUT2D eigenvalue weighted by atomic mass is 32.1. The molecule has 37 heavy (non-hydrogen) atoms. The lowest BCUT2D eigenvalue weighted by atomic mass is 10.1. The Kier molecular flexibility index (Phi) is 7.94. The Labute approximate surface area is 219 Å². The van der Waals surface area contributed by atoms with Crippen molar-refractivity contribution in [3.05, 3.63) is 94.0 Å². The van der Waals surface area contributed by atoms with Gasteiger partial charge in [0.05, 0.1) is 12.0 Å². The van der Waals surface area contributed by atoms with Gasteiger partial charge in [-0.25, -0.2) is 0 Å². The Balaban J connectivity index is 1.28. The Hall–Kier alpha value is -4.51. The van der Waals surface area contributed by atoms with E-state index in [1.165, 1.54) is 24.3 Å². The number of benzene rings is 3. The molecule has 2 amide bonds. The summed E-state index contributed by atoms with van der Waals surface area (Å²) in [6.07, 6.45) is 0. The number of hydrogen-bond donors (Lipinski definition) is 2. The van der Waals surface area contributed by atoms with Gasteiger partial charge in [-0.1, -0.05) is 6.07 Å². The topological polar surface area (TPSA) is 117 Å². The molecule has 10 nitrogen and oxygen atoms in total. The van der Waals surface area contributed by atoms with E-state index in [-0.39, 0.29) is 22.3 Å². The van der Waals surface area contributed by atoms with Crippen molar-refractivity contribution >= 4 is 46.2 Å². The highest BCUT2D eigenvalue weighted by molar-refractivity contribution is 7.80. The van der Waals surface area contributed by atoms with E-state index in [2.05, 4.69) is 15.5 Å². The molecular weight excluding hydrogens is 494 g/mol. The first kappa shape index (κ1) is 25.6. The summed E-state index contributed by atoms with van der Waals surface area (Å²) in [4.78, 5) is 39.6. The highest BCUT2D eigenvalue weighted by Crippen LogP contribution is 2.21. The summed E-state index contributed by atoms with van der Waals surface area (Å²) >= 11 is 5.21. The molecule has 190 valence electrons. The number of hydrogen-bond acceptors (Lipinski definition) is 7. The second-order valence-electron chi connectivity index (χ2n) is 8.27. The summed E-state index contributed by atoms with van der Waals surface area (Å²) < 4.78 is 5.15. The SMILES string of the molecule is COc1ccc(C(=O)N2CCN(c3ccc(NC(=S)NC(=O)c4cccc([N+](=O)[O-])c4)cc3)CC2)cc1. The molecule has 2 N–H and O–H groups in total. The van der Waals surface area contributed by atoms with E-state index in [0.717, 1.165) is 5.69 Å². The zero-order chi connectivity index (χ0) is 26.4. The number of anilines is 2. The van der Waals surface area contributed by atoms with E-state index >= 15 is 0 Å². The van der Waals surface area contributed by atoms with Gasteiger partial charge in [-0.2, -0.15) is 0 Å². The monoisotopic (exact) mass is 519 g/mol. The van der Waals surface area contributed by atoms with Crippen LogP contribution in [-0.2, 0) is 0 Å². The molecule has 1 aliphatic rings. The lowest BCUT2D eigenvalue weighted by Gasteiger charge is -2.36. The van der Waals surface area contributed by atoms with Gasteiger partial charge in [0, 0.05) is 60.8 Å². The smallest absolute Gasteiger partial charge is 0.270 e. The maximum Gasteiger partial charge on any atom is 0.270 e. The summed E-state index contributed by atoms with van der Waals surface area (Å²) in [5.41, 5.74) is 2.29. The van der Waals surface area contributed by atoms with Gasteiger partial charge in [-0.3, -0.25) is 25.0 Å². The first-order valence-corrected chi connectivity index (χ1v) is 11.9. The maximum absolute atomic E-state index is 12.8. The van der Waals surface area contributed by atoms with Crippen LogP contribution in [0.5, 0.6) is 5.75 Å². The molecule has 0 bridgehead atoms. The fourth-order valence-electron chi connectivity index (χ4n) is 3.94. The summed E-state index contributed by atoms with van der Waals surface area (Å²) in [7, 11) is 1.59. The van der Waals surface area contributed by atoms with E-state index in [0.29, 0.717) is 43.2 Å². The fourth-order valence-corrected chi connectivity index (χ4v) is 4.15. The average molecular weight is 520 g/mol. The van der Waals surface area contributed by atoms with Crippen LogP contribution in [-0.4, -0.2) is 60.0 Å². The van der Waals surface area contributed by atoms with Crippen LogP contribution in [0.1, 0.15) is 20.7 Å².